The molecule has 0 amide bonds. The zero-order valence-corrected chi connectivity index (χ0v) is 20.5. The fourth-order valence-corrected chi connectivity index (χ4v) is 1.76. The summed E-state index contributed by atoms with van der Waals surface area (Å²) in [6.45, 7) is 1.30. The molecular weight excluding hydrogens is 482 g/mol. The first kappa shape index (κ1) is 35.6. The number of phosphoric acid groups is 2. The van der Waals surface area contributed by atoms with Gasteiger partial charge in [-0.2, -0.15) is 0 Å². The zero-order valence-electron chi connectivity index (χ0n) is 18.7. The molecule has 16 nitrogen and oxygen atoms in total. The van der Waals surface area contributed by atoms with Crippen molar-refractivity contribution in [2.45, 2.75) is 12.2 Å². The third kappa shape index (κ3) is 31.2. The lowest BCUT2D eigenvalue weighted by Gasteiger charge is -2.23. The molecule has 6 N–H and O–H groups in total. The van der Waals surface area contributed by atoms with Crippen LogP contribution in [0.25, 0.3) is 0 Å². The van der Waals surface area contributed by atoms with Crippen molar-refractivity contribution in [3.05, 3.63) is 0 Å². The molecule has 194 valence electrons. The van der Waals surface area contributed by atoms with Gasteiger partial charge in [0.05, 0.1) is 54.2 Å². The first-order chi connectivity index (χ1) is 13.9. The van der Waals surface area contributed by atoms with E-state index in [1.165, 1.54) is 0 Å². The number of hydrogen-bond acceptors (Lipinski definition) is 10. The summed E-state index contributed by atoms with van der Waals surface area (Å²) in [5.41, 5.74) is 0. The summed E-state index contributed by atoms with van der Waals surface area (Å²) in [6, 6.07) is 0. The largest absolute Gasteiger partial charge is 0.547 e. The van der Waals surface area contributed by atoms with E-state index in [1.54, 1.807) is 0 Å². The molecule has 0 saturated heterocycles. The molecule has 0 fully saturated rings. The molecule has 18 heteroatoms. The van der Waals surface area contributed by atoms with Gasteiger partial charge in [0.25, 0.3) is 0 Å². The van der Waals surface area contributed by atoms with Crippen LogP contribution in [0, 0.1) is 0 Å². The van der Waals surface area contributed by atoms with E-state index in [9.17, 15) is 28.9 Å². The zero-order chi connectivity index (χ0) is 26.6. The molecule has 0 aromatic rings. The van der Waals surface area contributed by atoms with Gasteiger partial charge in [0.15, 0.2) is 0 Å². The summed E-state index contributed by atoms with van der Waals surface area (Å²) in [6.07, 6.45) is -4.88. The van der Waals surface area contributed by atoms with Crippen molar-refractivity contribution >= 4 is 27.6 Å². The first-order valence-corrected chi connectivity index (χ1v) is 11.7. The summed E-state index contributed by atoms with van der Waals surface area (Å²) < 4.78 is 30.1. The number of carboxylic acids is 2. The topological polar surface area (TPSA) is 254 Å². The first-order valence-electron chi connectivity index (χ1n) is 8.67. The minimum Gasteiger partial charge on any atom is -0.547 e. The van der Waals surface area contributed by atoms with Gasteiger partial charge in [0.2, 0.25) is 0 Å². The molecule has 0 bridgehead atoms. The number of carboxylic acid groups (broad SMARTS) is 2. The van der Waals surface area contributed by atoms with Gasteiger partial charge in [0.1, 0.15) is 38.5 Å². The standard InChI is InChI=1S/2C5H14NO4P.C4H6O6/c2*1-6(2,3)4-5-10-11(7,8)9;5-1(3(7)8)2(6)4(9)10/h2*4-5H2,1-3H3,(H-,7,8,9);1-2,5-6H,(H,7,8)(H,9,10). The highest BCUT2D eigenvalue weighted by atomic mass is 31.2. The Hall–Kier alpha value is -1.00. The number of quaternary nitrogens is 2. The highest BCUT2D eigenvalue weighted by molar-refractivity contribution is 7.46. The number of hydrogen-bond donors (Lipinski definition) is 6. The number of nitrogens with zero attached hydrogens (tertiary/aromatic N) is 2. The lowest BCUT2D eigenvalue weighted by molar-refractivity contribution is -0.870. The molecular formula is C14H34N2O14P2. The number of phosphoric ester groups is 2. The van der Waals surface area contributed by atoms with Crippen LogP contribution in [0.5, 0.6) is 0 Å². The quantitative estimate of drug-likeness (QED) is 0.111. The van der Waals surface area contributed by atoms with Crippen LogP contribution in [-0.2, 0) is 27.8 Å². The Labute approximate surface area is 185 Å². The van der Waals surface area contributed by atoms with Crippen LogP contribution in [0.1, 0.15) is 0 Å². The average molecular weight is 516 g/mol. The molecule has 0 heterocycles. The smallest absolute Gasteiger partial charge is 0.469 e. The van der Waals surface area contributed by atoms with Crippen LogP contribution < -0.4 is 10.2 Å². The predicted molar refractivity (Wildman–Crippen MR) is 104 cm³/mol. The molecule has 0 aliphatic rings. The van der Waals surface area contributed by atoms with Gasteiger partial charge in [-0.15, -0.1) is 0 Å². The molecule has 0 aromatic heterocycles. The van der Waals surface area contributed by atoms with E-state index in [0.717, 1.165) is 0 Å². The van der Waals surface area contributed by atoms with Crippen LogP contribution in [0.4, 0.5) is 0 Å². The van der Waals surface area contributed by atoms with Crippen LogP contribution in [0.3, 0.4) is 0 Å². The Morgan fingerprint density at radius 3 is 1.06 bits per heavy atom. The summed E-state index contributed by atoms with van der Waals surface area (Å²) in [4.78, 5) is 52.5. The second-order valence-electron chi connectivity index (χ2n) is 8.20. The molecule has 0 aliphatic carbocycles. The van der Waals surface area contributed by atoms with Gasteiger partial charge in [0, 0.05) is 0 Å². The molecule has 0 aromatic carbocycles. The number of carbonyl (C=O) groups excluding carboxylic acids is 2. The van der Waals surface area contributed by atoms with Crippen LogP contribution in [0.15, 0.2) is 0 Å². The summed E-state index contributed by atoms with van der Waals surface area (Å²) in [7, 11) is 2.99. The van der Waals surface area contributed by atoms with Crippen molar-refractivity contribution in [2.24, 2.45) is 0 Å². The molecule has 2 unspecified atom stereocenters. The van der Waals surface area contributed by atoms with E-state index in [1.807, 2.05) is 42.3 Å². The second-order valence-corrected chi connectivity index (χ2v) is 10.7. The van der Waals surface area contributed by atoms with Crippen molar-refractivity contribution < 1.29 is 76.7 Å². The van der Waals surface area contributed by atoms with Crippen molar-refractivity contribution in [1.29, 1.82) is 0 Å². The number of carbonyl (C=O) groups is 2. The third-order valence-corrected chi connectivity index (χ3v) is 3.86. The Balaban J connectivity index is -0.000000395. The maximum absolute atomic E-state index is 10.2. The van der Waals surface area contributed by atoms with Crippen molar-refractivity contribution in [3.8, 4) is 0 Å². The number of aliphatic hydroxyl groups excluding tert-OH is 2. The van der Waals surface area contributed by atoms with Crippen molar-refractivity contribution in [2.75, 3.05) is 68.6 Å². The molecule has 32 heavy (non-hydrogen) atoms. The van der Waals surface area contributed by atoms with E-state index >= 15 is 0 Å². The van der Waals surface area contributed by atoms with Crippen LogP contribution in [0.2, 0.25) is 0 Å². The van der Waals surface area contributed by atoms with E-state index in [-0.39, 0.29) is 13.2 Å². The van der Waals surface area contributed by atoms with E-state index in [0.29, 0.717) is 22.1 Å². The summed E-state index contributed by atoms with van der Waals surface area (Å²) in [5.74, 6) is -4.12. The molecule has 0 radical (unpaired) electrons. The molecule has 0 saturated carbocycles. The average Bonchev–Trinajstić information content (AvgIpc) is 2.49. The number of aliphatic hydroxyl groups is 2. The van der Waals surface area contributed by atoms with E-state index in [4.69, 9.17) is 29.8 Å². The van der Waals surface area contributed by atoms with Gasteiger partial charge in [-0.1, -0.05) is 0 Å². The highest BCUT2D eigenvalue weighted by Gasteiger charge is 2.18. The number of aliphatic carboxylic acids is 2. The number of rotatable bonds is 11. The molecule has 0 spiro atoms. The Morgan fingerprint density at radius 2 is 0.938 bits per heavy atom. The third-order valence-electron chi connectivity index (χ3n) is 2.83. The van der Waals surface area contributed by atoms with Crippen molar-refractivity contribution in [1.82, 2.24) is 0 Å². The predicted octanol–water partition coefficient (Wildman–Crippen LogP) is -5.19. The Bertz CT molecular complexity index is 593. The van der Waals surface area contributed by atoms with Crippen LogP contribution in [-0.4, -0.2) is 131 Å². The second kappa shape index (κ2) is 15.0. The highest BCUT2D eigenvalue weighted by Crippen LogP contribution is 2.35. The fraction of sp³-hybridized carbons (Fsp3) is 0.857. The Kier molecular flexibility index (Phi) is 16.7. The molecule has 0 aliphatic heterocycles. The minimum atomic E-state index is -4.26. The lowest BCUT2D eigenvalue weighted by Crippen LogP contribution is -2.51. The molecule has 2 atom stereocenters. The van der Waals surface area contributed by atoms with Gasteiger partial charge in [-0.25, -0.2) is 9.13 Å². The normalized spacial score (nSPS) is 14.2. The summed E-state index contributed by atoms with van der Waals surface area (Å²) >= 11 is 0. The van der Waals surface area contributed by atoms with Gasteiger partial charge in [-0.05, 0) is 0 Å². The fourth-order valence-electron chi connectivity index (χ4n) is 1.13. The van der Waals surface area contributed by atoms with E-state index in [2.05, 4.69) is 9.05 Å². The maximum Gasteiger partial charge on any atom is 0.469 e. The van der Waals surface area contributed by atoms with Gasteiger partial charge >= 0.3 is 15.6 Å². The van der Waals surface area contributed by atoms with Crippen LogP contribution >= 0.6 is 15.6 Å². The van der Waals surface area contributed by atoms with Gasteiger partial charge in [-0.3, -0.25) is 9.05 Å². The lowest BCUT2D eigenvalue weighted by atomic mass is 10.2. The molecule has 0 rings (SSSR count). The van der Waals surface area contributed by atoms with E-state index < -0.39 is 39.8 Å². The van der Waals surface area contributed by atoms with Gasteiger partial charge < -0.3 is 58.6 Å². The summed E-state index contributed by atoms with van der Waals surface area (Å²) in [5, 5.41) is 35.7. The number of likely N-dealkylation sites (N-methyl/N-ethyl adjacent to an activating group) is 2. The SMILES string of the molecule is C[N+](C)(C)CCOP(=O)(O)O.C[N+](C)(C)CCOP(=O)(O)O.O=C([O-])C(O)C(O)C(=O)[O-]. The minimum absolute atomic E-state index is 0.0772. The Morgan fingerprint density at radius 1 is 0.719 bits per heavy atom. The monoisotopic (exact) mass is 516 g/mol. The van der Waals surface area contributed by atoms with Crippen molar-refractivity contribution in [3.63, 3.8) is 0 Å². The maximum atomic E-state index is 10.2.